The average Bonchev–Trinajstić information content (AvgIpc) is 2.75. The first kappa shape index (κ1) is 19.0. The summed E-state index contributed by atoms with van der Waals surface area (Å²) in [5, 5.41) is 0. The third kappa shape index (κ3) is 4.94. The minimum Gasteiger partial charge on any atom is -0.395 e. The summed E-state index contributed by atoms with van der Waals surface area (Å²) in [4.78, 5) is 10.1. The monoisotopic (exact) mass is 402 g/mol. The van der Waals surface area contributed by atoms with Crippen molar-refractivity contribution in [2.45, 2.75) is 0 Å². The van der Waals surface area contributed by atoms with E-state index >= 15 is 0 Å². The number of benzene rings is 4. The Balaban J connectivity index is 1.43. The Labute approximate surface area is 169 Å². The van der Waals surface area contributed by atoms with Crippen LogP contribution in [-0.2, 0) is 4.57 Å². The molecular weight excluding hydrogens is 383 g/mol. The molecule has 29 heavy (non-hydrogen) atoms. The molecule has 0 amide bonds. The number of hydrogen-bond donors (Lipinski definition) is 1. The van der Waals surface area contributed by atoms with Crippen LogP contribution < -0.4 is 9.05 Å². The number of phosphoric acid groups is 1. The summed E-state index contributed by atoms with van der Waals surface area (Å²) in [5.74, 6) is 0.521. The molecule has 4 rings (SSSR count). The lowest BCUT2D eigenvalue weighted by atomic mass is 10.1. The highest BCUT2D eigenvalue weighted by molar-refractivity contribution is 7.48. The molecule has 0 saturated heterocycles. The molecule has 0 unspecified atom stereocenters. The highest BCUT2D eigenvalue weighted by Gasteiger charge is 2.25. The van der Waals surface area contributed by atoms with Gasteiger partial charge in [-0.2, -0.15) is 0 Å². The first-order valence-corrected chi connectivity index (χ1v) is 10.6. The van der Waals surface area contributed by atoms with Crippen molar-refractivity contribution in [1.29, 1.82) is 0 Å². The molecular formula is C24H19O4P. The fraction of sp³-hybridized carbons (Fsp3) is 0. The molecule has 0 heterocycles. The van der Waals surface area contributed by atoms with E-state index in [1.54, 1.807) is 24.3 Å². The van der Waals surface area contributed by atoms with E-state index < -0.39 is 7.82 Å². The minimum atomic E-state index is -4.31. The van der Waals surface area contributed by atoms with E-state index in [4.69, 9.17) is 9.05 Å². The maximum atomic E-state index is 12.4. The third-order valence-corrected chi connectivity index (χ3v) is 5.25. The summed E-state index contributed by atoms with van der Waals surface area (Å²) in [7, 11) is -4.31. The van der Waals surface area contributed by atoms with Crippen molar-refractivity contribution >= 4 is 7.82 Å². The highest BCUT2D eigenvalue weighted by Crippen LogP contribution is 2.44. The molecule has 5 heteroatoms. The zero-order valence-electron chi connectivity index (χ0n) is 15.5. The van der Waals surface area contributed by atoms with Crippen LogP contribution in [0.3, 0.4) is 0 Å². The molecule has 4 nitrogen and oxygen atoms in total. The Morgan fingerprint density at radius 3 is 1.14 bits per heavy atom. The van der Waals surface area contributed by atoms with Crippen molar-refractivity contribution in [3.8, 4) is 33.8 Å². The lowest BCUT2D eigenvalue weighted by Gasteiger charge is -2.14. The van der Waals surface area contributed by atoms with Gasteiger partial charge in [-0.25, -0.2) is 4.57 Å². The topological polar surface area (TPSA) is 55.8 Å². The van der Waals surface area contributed by atoms with Crippen LogP contribution in [0.2, 0.25) is 0 Å². The van der Waals surface area contributed by atoms with Crippen LogP contribution in [0.4, 0.5) is 0 Å². The van der Waals surface area contributed by atoms with Gasteiger partial charge in [0.15, 0.2) is 0 Å². The number of hydrogen-bond acceptors (Lipinski definition) is 3. The van der Waals surface area contributed by atoms with Crippen molar-refractivity contribution < 1.29 is 18.5 Å². The second kappa shape index (κ2) is 8.36. The lowest BCUT2D eigenvalue weighted by molar-refractivity contribution is 0.291. The van der Waals surface area contributed by atoms with Crippen molar-refractivity contribution in [2.75, 3.05) is 0 Å². The van der Waals surface area contributed by atoms with E-state index in [0.29, 0.717) is 0 Å². The van der Waals surface area contributed by atoms with Crippen LogP contribution in [-0.4, -0.2) is 4.89 Å². The molecule has 0 spiro atoms. The lowest BCUT2D eigenvalue weighted by Crippen LogP contribution is -1.99. The molecule has 4 aromatic rings. The molecule has 0 aromatic heterocycles. The van der Waals surface area contributed by atoms with Crippen LogP contribution >= 0.6 is 7.82 Å². The van der Waals surface area contributed by atoms with Crippen LogP contribution in [0, 0.1) is 0 Å². The largest absolute Gasteiger partial charge is 0.584 e. The molecule has 0 fully saturated rings. The minimum absolute atomic E-state index is 0.261. The molecule has 0 radical (unpaired) electrons. The highest BCUT2D eigenvalue weighted by atomic mass is 31.2. The van der Waals surface area contributed by atoms with E-state index in [1.165, 1.54) is 0 Å². The van der Waals surface area contributed by atoms with Crippen molar-refractivity contribution in [2.24, 2.45) is 0 Å². The fourth-order valence-corrected chi connectivity index (χ4v) is 3.78. The van der Waals surface area contributed by atoms with Crippen LogP contribution in [0.25, 0.3) is 22.3 Å². The molecule has 0 aliphatic rings. The van der Waals surface area contributed by atoms with Gasteiger partial charge in [0.1, 0.15) is 11.5 Å². The van der Waals surface area contributed by atoms with E-state index in [2.05, 4.69) is 0 Å². The Morgan fingerprint density at radius 1 is 0.483 bits per heavy atom. The number of rotatable bonds is 6. The second-order valence-corrected chi connectivity index (χ2v) is 7.73. The summed E-state index contributed by atoms with van der Waals surface area (Å²) in [6.07, 6.45) is 0. The van der Waals surface area contributed by atoms with Crippen LogP contribution in [0.1, 0.15) is 0 Å². The van der Waals surface area contributed by atoms with Gasteiger partial charge in [-0.05, 0) is 46.5 Å². The molecule has 0 bridgehead atoms. The van der Waals surface area contributed by atoms with E-state index in [1.807, 2.05) is 84.9 Å². The van der Waals surface area contributed by atoms with Gasteiger partial charge in [0.25, 0.3) is 0 Å². The van der Waals surface area contributed by atoms with E-state index in [9.17, 15) is 9.46 Å². The first-order chi connectivity index (χ1) is 14.1. The molecule has 0 aliphatic carbocycles. The molecule has 144 valence electrons. The average molecular weight is 402 g/mol. The zero-order valence-corrected chi connectivity index (χ0v) is 16.4. The van der Waals surface area contributed by atoms with Gasteiger partial charge < -0.3 is 9.05 Å². The summed E-state index contributed by atoms with van der Waals surface area (Å²) in [5.41, 5.74) is 4.09. The normalized spacial score (nSPS) is 11.1. The predicted octanol–water partition coefficient (Wildman–Crippen LogP) is 6.58. The van der Waals surface area contributed by atoms with Crippen LogP contribution in [0.5, 0.6) is 11.5 Å². The SMILES string of the molecule is O=P(O)(Oc1ccc(-c2ccccc2)cc1)Oc1ccc(-c2ccccc2)cc1. The van der Waals surface area contributed by atoms with Gasteiger partial charge in [-0.3, -0.25) is 4.89 Å². The molecule has 0 atom stereocenters. The summed E-state index contributed by atoms with van der Waals surface area (Å²) in [6.45, 7) is 0. The smallest absolute Gasteiger partial charge is 0.395 e. The van der Waals surface area contributed by atoms with E-state index in [-0.39, 0.29) is 11.5 Å². The van der Waals surface area contributed by atoms with E-state index in [0.717, 1.165) is 22.3 Å². The maximum absolute atomic E-state index is 12.4. The Bertz CT molecular complexity index is 1020. The summed E-state index contributed by atoms with van der Waals surface area (Å²) < 4.78 is 22.8. The van der Waals surface area contributed by atoms with Crippen molar-refractivity contribution in [1.82, 2.24) is 0 Å². The first-order valence-electron chi connectivity index (χ1n) is 9.12. The molecule has 0 aliphatic heterocycles. The van der Waals surface area contributed by atoms with Crippen molar-refractivity contribution in [3.63, 3.8) is 0 Å². The third-order valence-electron chi connectivity index (χ3n) is 4.36. The van der Waals surface area contributed by atoms with Crippen molar-refractivity contribution in [3.05, 3.63) is 109 Å². The van der Waals surface area contributed by atoms with Gasteiger partial charge in [0.2, 0.25) is 0 Å². The van der Waals surface area contributed by atoms with Gasteiger partial charge in [0.05, 0.1) is 0 Å². The standard InChI is InChI=1S/C24H19O4P/c25-29(26,27-23-15-11-21(12-16-23)19-7-3-1-4-8-19)28-24-17-13-22(14-18-24)20-9-5-2-6-10-20/h1-18H,(H,25,26). The summed E-state index contributed by atoms with van der Waals surface area (Å²) >= 11 is 0. The van der Waals surface area contributed by atoms with Gasteiger partial charge in [0, 0.05) is 0 Å². The van der Waals surface area contributed by atoms with Gasteiger partial charge in [-0.15, -0.1) is 0 Å². The quantitative estimate of drug-likeness (QED) is 0.370. The zero-order chi connectivity index (χ0) is 20.1. The summed E-state index contributed by atoms with van der Waals surface area (Å²) in [6, 6.07) is 33.6. The molecule has 0 saturated carbocycles. The van der Waals surface area contributed by atoms with Gasteiger partial charge in [-0.1, -0.05) is 84.9 Å². The maximum Gasteiger partial charge on any atom is 0.584 e. The van der Waals surface area contributed by atoms with Crippen LogP contribution in [0.15, 0.2) is 109 Å². The second-order valence-electron chi connectivity index (χ2n) is 6.43. The Hall–Kier alpha value is -3.33. The predicted molar refractivity (Wildman–Crippen MR) is 115 cm³/mol. The fourth-order valence-electron chi connectivity index (χ4n) is 2.96. The molecule has 1 N–H and O–H groups in total. The molecule has 4 aromatic carbocycles. The van der Waals surface area contributed by atoms with Gasteiger partial charge >= 0.3 is 7.82 Å². The number of phosphoric ester groups is 1. The Kier molecular flexibility index (Phi) is 5.48. The Morgan fingerprint density at radius 2 is 0.793 bits per heavy atom.